The lowest BCUT2D eigenvalue weighted by molar-refractivity contribution is -0.183. The molecule has 0 saturated carbocycles. The van der Waals surface area contributed by atoms with Crippen LogP contribution in [-0.4, -0.2) is 43.8 Å². The van der Waals surface area contributed by atoms with Crippen molar-refractivity contribution in [1.82, 2.24) is 10.2 Å². The second-order valence-corrected chi connectivity index (χ2v) is 2.74. The minimum atomic E-state index is -4.10. The summed E-state index contributed by atoms with van der Waals surface area (Å²) in [6, 6.07) is -1.31. The van der Waals surface area contributed by atoms with Gasteiger partial charge in [-0.3, -0.25) is 4.90 Å². The number of alkyl halides is 3. The summed E-state index contributed by atoms with van der Waals surface area (Å²) in [7, 11) is 1.50. The second-order valence-electron chi connectivity index (χ2n) is 2.74. The van der Waals surface area contributed by atoms with Crippen molar-refractivity contribution in [2.75, 3.05) is 26.7 Å². The van der Waals surface area contributed by atoms with Gasteiger partial charge in [-0.1, -0.05) is 0 Å². The topological polar surface area (TPSA) is 15.3 Å². The summed E-state index contributed by atoms with van der Waals surface area (Å²) in [5.74, 6) is 0. The normalized spacial score (nSPS) is 28.9. The van der Waals surface area contributed by atoms with Gasteiger partial charge >= 0.3 is 6.18 Å². The molecule has 0 aromatic carbocycles. The predicted octanol–water partition coefficient (Wildman–Crippen LogP) is 0.452. The van der Waals surface area contributed by atoms with Gasteiger partial charge in [0.25, 0.3) is 0 Å². The van der Waals surface area contributed by atoms with Gasteiger partial charge in [-0.25, -0.2) is 0 Å². The van der Waals surface area contributed by atoms with Crippen LogP contribution < -0.4 is 5.32 Å². The van der Waals surface area contributed by atoms with Gasteiger partial charge in [0.1, 0.15) is 6.04 Å². The molecule has 1 saturated heterocycles. The van der Waals surface area contributed by atoms with Gasteiger partial charge in [-0.05, 0) is 7.05 Å². The highest BCUT2D eigenvalue weighted by molar-refractivity contribution is 4.82. The number of hydrogen-bond donors (Lipinski definition) is 1. The Labute approximate surface area is 63.4 Å². The van der Waals surface area contributed by atoms with Gasteiger partial charge in [0.15, 0.2) is 0 Å². The number of nitrogens with zero attached hydrogens (tertiary/aromatic N) is 1. The van der Waals surface area contributed by atoms with Gasteiger partial charge in [-0.2, -0.15) is 13.2 Å². The zero-order valence-electron chi connectivity index (χ0n) is 6.28. The Hall–Kier alpha value is -0.290. The minimum absolute atomic E-state index is 0.0139. The van der Waals surface area contributed by atoms with Gasteiger partial charge in [0, 0.05) is 19.6 Å². The molecule has 0 aromatic heterocycles. The number of piperazine rings is 1. The molecule has 0 radical (unpaired) electrons. The molecule has 0 aromatic rings. The van der Waals surface area contributed by atoms with E-state index in [1.165, 1.54) is 11.9 Å². The first-order valence-electron chi connectivity index (χ1n) is 3.49. The highest BCUT2D eigenvalue weighted by atomic mass is 19.4. The molecule has 1 atom stereocenters. The van der Waals surface area contributed by atoms with Crippen molar-refractivity contribution in [3.63, 3.8) is 0 Å². The van der Waals surface area contributed by atoms with Crippen LogP contribution in [0.1, 0.15) is 0 Å². The summed E-state index contributed by atoms with van der Waals surface area (Å²) in [5.41, 5.74) is 0. The minimum Gasteiger partial charge on any atom is -0.314 e. The molecule has 1 aliphatic heterocycles. The first kappa shape index (κ1) is 8.80. The Morgan fingerprint density at radius 1 is 1.45 bits per heavy atom. The van der Waals surface area contributed by atoms with Crippen LogP contribution in [0.25, 0.3) is 0 Å². The van der Waals surface area contributed by atoms with Crippen molar-refractivity contribution < 1.29 is 13.2 Å². The Kier molecular flexibility index (Phi) is 2.39. The van der Waals surface area contributed by atoms with E-state index in [1.807, 2.05) is 0 Å². The van der Waals surface area contributed by atoms with Crippen LogP contribution in [-0.2, 0) is 0 Å². The lowest BCUT2D eigenvalue weighted by Gasteiger charge is -2.34. The van der Waals surface area contributed by atoms with E-state index in [2.05, 4.69) is 5.32 Å². The summed E-state index contributed by atoms with van der Waals surface area (Å²) >= 11 is 0. The van der Waals surface area contributed by atoms with E-state index in [0.717, 1.165) is 0 Å². The maximum Gasteiger partial charge on any atom is 0.405 e. The summed E-state index contributed by atoms with van der Waals surface area (Å²) < 4.78 is 36.3. The molecule has 1 fully saturated rings. The summed E-state index contributed by atoms with van der Waals surface area (Å²) in [5, 5.41) is 2.71. The highest BCUT2D eigenvalue weighted by Crippen LogP contribution is 2.24. The molecule has 0 bridgehead atoms. The van der Waals surface area contributed by atoms with E-state index >= 15 is 0 Å². The largest absolute Gasteiger partial charge is 0.405 e. The number of rotatable bonds is 0. The zero-order valence-corrected chi connectivity index (χ0v) is 6.28. The van der Waals surface area contributed by atoms with Gasteiger partial charge in [0.05, 0.1) is 0 Å². The molecule has 1 rings (SSSR count). The van der Waals surface area contributed by atoms with E-state index in [0.29, 0.717) is 13.1 Å². The first-order valence-corrected chi connectivity index (χ1v) is 3.49. The molecule has 0 unspecified atom stereocenters. The average Bonchev–Trinajstić information content (AvgIpc) is 1.86. The van der Waals surface area contributed by atoms with Crippen LogP contribution >= 0.6 is 0 Å². The van der Waals surface area contributed by atoms with Crippen LogP contribution in [0, 0.1) is 0 Å². The molecule has 66 valence electrons. The number of hydrogen-bond acceptors (Lipinski definition) is 2. The SMILES string of the molecule is CN1CCNC[C@H]1C(F)(F)F. The summed E-state index contributed by atoms with van der Waals surface area (Å²) in [4.78, 5) is 1.33. The van der Waals surface area contributed by atoms with Crippen LogP contribution in [0.4, 0.5) is 13.2 Å². The first-order chi connectivity index (χ1) is 5.02. The number of halogens is 3. The molecular weight excluding hydrogens is 157 g/mol. The van der Waals surface area contributed by atoms with Gasteiger partial charge in [0.2, 0.25) is 0 Å². The van der Waals surface area contributed by atoms with Crippen molar-refractivity contribution in [2.45, 2.75) is 12.2 Å². The standard InChI is InChI=1S/C6H11F3N2/c1-11-3-2-10-4-5(11)6(7,8)9/h5,10H,2-4H2,1H3/t5-/m0/s1. The molecule has 11 heavy (non-hydrogen) atoms. The Bertz CT molecular complexity index is 134. The quantitative estimate of drug-likeness (QED) is 0.565. The molecule has 0 aliphatic carbocycles. The highest BCUT2D eigenvalue weighted by Gasteiger charge is 2.42. The van der Waals surface area contributed by atoms with Crippen LogP contribution in [0.3, 0.4) is 0 Å². The van der Waals surface area contributed by atoms with Gasteiger partial charge in [-0.15, -0.1) is 0 Å². The van der Waals surface area contributed by atoms with E-state index in [-0.39, 0.29) is 6.54 Å². The fraction of sp³-hybridized carbons (Fsp3) is 1.00. The third kappa shape index (κ3) is 2.07. The van der Waals surface area contributed by atoms with Crippen molar-refractivity contribution >= 4 is 0 Å². The second kappa shape index (κ2) is 2.98. The third-order valence-electron chi connectivity index (χ3n) is 1.89. The van der Waals surface area contributed by atoms with E-state index in [4.69, 9.17) is 0 Å². The average molecular weight is 168 g/mol. The predicted molar refractivity (Wildman–Crippen MR) is 35.3 cm³/mol. The molecule has 5 heteroatoms. The maximum absolute atomic E-state index is 12.1. The summed E-state index contributed by atoms with van der Waals surface area (Å²) in [6.45, 7) is 1.12. The smallest absolute Gasteiger partial charge is 0.314 e. The summed E-state index contributed by atoms with van der Waals surface area (Å²) in [6.07, 6.45) is -4.10. The fourth-order valence-corrected chi connectivity index (χ4v) is 1.17. The van der Waals surface area contributed by atoms with E-state index in [9.17, 15) is 13.2 Å². The maximum atomic E-state index is 12.1. The third-order valence-corrected chi connectivity index (χ3v) is 1.89. The Balaban J connectivity index is 2.55. The number of nitrogens with one attached hydrogen (secondary N) is 1. The van der Waals surface area contributed by atoms with E-state index < -0.39 is 12.2 Å². The van der Waals surface area contributed by atoms with Crippen molar-refractivity contribution in [3.8, 4) is 0 Å². The Morgan fingerprint density at radius 3 is 2.45 bits per heavy atom. The lowest BCUT2D eigenvalue weighted by Crippen LogP contribution is -2.56. The molecule has 1 aliphatic rings. The monoisotopic (exact) mass is 168 g/mol. The molecule has 1 N–H and O–H groups in total. The van der Waals surface area contributed by atoms with Crippen LogP contribution in [0.2, 0.25) is 0 Å². The van der Waals surface area contributed by atoms with Crippen molar-refractivity contribution in [1.29, 1.82) is 0 Å². The molecule has 2 nitrogen and oxygen atoms in total. The molecule has 1 heterocycles. The Morgan fingerprint density at radius 2 is 2.09 bits per heavy atom. The van der Waals surface area contributed by atoms with E-state index in [1.54, 1.807) is 0 Å². The fourth-order valence-electron chi connectivity index (χ4n) is 1.17. The zero-order chi connectivity index (χ0) is 8.48. The van der Waals surface area contributed by atoms with Crippen molar-refractivity contribution in [2.24, 2.45) is 0 Å². The number of likely N-dealkylation sites (N-methyl/N-ethyl adjacent to an activating group) is 1. The van der Waals surface area contributed by atoms with Crippen molar-refractivity contribution in [3.05, 3.63) is 0 Å². The van der Waals surface area contributed by atoms with Gasteiger partial charge < -0.3 is 5.32 Å². The molecular formula is C6H11F3N2. The van der Waals surface area contributed by atoms with Crippen LogP contribution in [0.5, 0.6) is 0 Å². The molecule has 0 amide bonds. The molecule has 0 spiro atoms. The van der Waals surface area contributed by atoms with Crippen LogP contribution in [0.15, 0.2) is 0 Å². The lowest BCUT2D eigenvalue weighted by atomic mass is 10.2.